The average molecular weight is 609 g/mol. The summed E-state index contributed by atoms with van der Waals surface area (Å²) in [4.78, 5) is 0. The summed E-state index contributed by atoms with van der Waals surface area (Å²) >= 11 is 0. The van der Waals surface area contributed by atoms with Crippen LogP contribution in [0.2, 0.25) is 0 Å². The van der Waals surface area contributed by atoms with Gasteiger partial charge in [-0.15, -0.1) is 0 Å². The SMILES string of the molecule is CCCCCCCCC1CCC(C(F)(F)Oc2ccc(-c3ccc(-c4ccc(OCC)c(F)c4F)cc3)c(F)c2F)OC1. The van der Waals surface area contributed by atoms with E-state index in [2.05, 4.69) is 11.7 Å². The van der Waals surface area contributed by atoms with E-state index in [9.17, 15) is 22.0 Å². The zero-order valence-electron chi connectivity index (χ0n) is 24.5. The predicted octanol–water partition coefficient (Wildman–Crippen LogP) is 10.5. The highest BCUT2D eigenvalue weighted by Gasteiger charge is 2.46. The van der Waals surface area contributed by atoms with Crippen LogP contribution in [-0.4, -0.2) is 25.4 Å². The molecule has 1 aliphatic rings. The van der Waals surface area contributed by atoms with Gasteiger partial charge in [0, 0.05) is 11.1 Å². The van der Waals surface area contributed by atoms with Gasteiger partial charge in [0.05, 0.1) is 13.2 Å². The largest absolute Gasteiger partial charge is 0.491 e. The molecule has 0 amide bonds. The van der Waals surface area contributed by atoms with Crippen molar-refractivity contribution in [1.29, 1.82) is 0 Å². The Morgan fingerprint density at radius 2 is 1.26 bits per heavy atom. The van der Waals surface area contributed by atoms with E-state index in [-0.39, 0.29) is 48.0 Å². The Morgan fingerprint density at radius 1 is 0.698 bits per heavy atom. The second kappa shape index (κ2) is 15.0. The van der Waals surface area contributed by atoms with E-state index in [1.807, 2.05) is 0 Å². The smallest absolute Gasteiger partial charge is 0.424 e. The van der Waals surface area contributed by atoms with Crippen LogP contribution in [-0.2, 0) is 4.74 Å². The van der Waals surface area contributed by atoms with E-state index in [0.717, 1.165) is 31.4 Å². The third-order valence-corrected chi connectivity index (χ3v) is 7.86. The summed E-state index contributed by atoms with van der Waals surface area (Å²) in [6.45, 7) is 4.16. The van der Waals surface area contributed by atoms with Crippen LogP contribution in [0.4, 0.5) is 26.3 Å². The van der Waals surface area contributed by atoms with Crippen LogP contribution < -0.4 is 9.47 Å². The summed E-state index contributed by atoms with van der Waals surface area (Å²) in [5.74, 6) is -6.10. The van der Waals surface area contributed by atoms with Crippen LogP contribution in [0.3, 0.4) is 0 Å². The second-order valence-corrected chi connectivity index (χ2v) is 11.0. The minimum Gasteiger partial charge on any atom is -0.491 e. The molecule has 9 heteroatoms. The standard InChI is InChI=1S/C34H38F6O3/c1-3-5-6-7-8-9-10-22-11-20-29(42-21-22)34(39,40)43-28-19-17-26(31(36)33(28)38)24-14-12-23(13-15-24)25-16-18-27(41-4-2)32(37)30(25)35/h12-19,22,29H,3-11,20-21H2,1-2H3. The molecule has 3 nitrogen and oxygen atoms in total. The molecule has 0 bridgehead atoms. The first kappa shape index (κ1) is 32.7. The lowest BCUT2D eigenvalue weighted by atomic mass is 9.92. The first-order chi connectivity index (χ1) is 20.7. The zero-order valence-corrected chi connectivity index (χ0v) is 24.5. The van der Waals surface area contributed by atoms with Crippen molar-refractivity contribution in [2.75, 3.05) is 13.2 Å². The molecule has 2 atom stereocenters. The van der Waals surface area contributed by atoms with E-state index in [1.165, 1.54) is 62.1 Å². The van der Waals surface area contributed by atoms with Crippen molar-refractivity contribution in [1.82, 2.24) is 0 Å². The molecule has 0 aliphatic carbocycles. The molecule has 4 rings (SSSR count). The molecule has 234 valence electrons. The average Bonchev–Trinajstić information content (AvgIpc) is 3.00. The van der Waals surface area contributed by atoms with Crippen LogP contribution in [0, 0.1) is 29.2 Å². The van der Waals surface area contributed by atoms with Gasteiger partial charge >= 0.3 is 6.11 Å². The van der Waals surface area contributed by atoms with Gasteiger partial charge in [-0.05, 0) is 67.5 Å². The normalized spacial score (nSPS) is 17.2. The Balaban J connectivity index is 1.38. The number of ether oxygens (including phenoxy) is 3. The number of rotatable bonds is 14. The molecule has 1 fully saturated rings. The van der Waals surface area contributed by atoms with Crippen LogP contribution in [0.15, 0.2) is 48.5 Å². The van der Waals surface area contributed by atoms with Crippen molar-refractivity contribution in [2.24, 2.45) is 5.92 Å². The molecular weight excluding hydrogens is 570 g/mol. The van der Waals surface area contributed by atoms with Crippen LogP contribution in [0.5, 0.6) is 11.5 Å². The maximum Gasteiger partial charge on any atom is 0.424 e. The molecule has 0 saturated carbocycles. The van der Waals surface area contributed by atoms with Crippen LogP contribution >= 0.6 is 0 Å². The predicted molar refractivity (Wildman–Crippen MR) is 154 cm³/mol. The highest BCUT2D eigenvalue weighted by molar-refractivity contribution is 5.72. The first-order valence-electron chi connectivity index (χ1n) is 15.0. The minimum absolute atomic E-state index is 0.0382. The van der Waals surface area contributed by atoms with Crippen molar-refractivity contribution < 1.29 is 40.6 Å². The summed E-state index contributed by atoms with van der Waals surface area (Å²) in [5.41, 5.74) is 0.260. The van der Waals surface area contributed by atoms with Crippen molar-refractivity contribution in [3.63, 3.8) is 0 Å². The number of benzene rings is 3. The summed E-state index contributed by atoms with van der Waals surface area (Å²) in [5, 5.41) is 0. The van der Waals surface area contributed by atoms with E-state index in [0.29, 0.717) is 12.0 Å². The Bertz CT molecular complexity index is 1340. The highest BCUT2D eigenvalue weighted by Crippen LogP contribution is 2.38. The molecule has 43 heavy (non-hydrogen) atoms. The Morgan fingerprint density at radius 3 is 1.81 bits per heavy atom. The lowest BCUT2D eigenvalue weighted by Crippen LogP contribution is -2.44. The van der Waals surface area contributed by atoms with Gasteiger partial charge in [-0.3, -0.25) is 0 Å². The number of unbranched alkanes of at least 4 members (excludes halogenated alkanes) is 5. The van der Waals surface area contributed by atoms with E-state index < -0.39 is 41.2 Å². The van der Waals surface area contributed by atoms with Gasteiger partial charge in [0.1, 0.15) is 0 Å². The highest BCUT2D eigenvalue weighted by atomic mass is 19.3. The Hall–Kier alpha value is -3.20. The molecule has 0 N–H and O–H groups in total. The molecule has 0 spiro atoms. The van der Waals surface area contributed by atoms with Gasteiger partial charge in [-0.1, -0.05) is 69.7 Å². The topological polar surface area (TPSA) is 27.7 Å². The van der Waals surface area contributed by atoms with Crippen LogP contribution in [0.25, 0.3) is 22.3 Å². The van der Waals surface area contributed by atoms with E-state index >= 15 is 4.39 Å². The minimum atomic E-state index is -3.85. The monoisotopic (exact) mass is 608 g/mol. The summed E-state index contributed by atoms with van der Waals surface area (Å²) < 4.78 is 104. The quantitative estimate of drug-likeness (QED) is 0.135. The molecule has 3 aromatic carbocycles. The van der Waals surface area contributed by atoms with Gasteiger partial charge in [-0.25, -0.2) is 8.78 Å². The van der Waals surface area contributed by atoms with Crippen molar-refractivity contribution in [3.05, 3.63) is 71.8 Å². The molecule has 0 radical (unpaired) electrons. The molecule has 1 aliphatic heterocycles. The van der Waals surface area contributed by atoms with E-state index in [1.54, 1.807) is 6.92 Å². The molecule has 0 aromatic heterocycles. The van der Waals surface area contributed by atoms with Crippen LogP contribution in [0.1, 0.15) is 71.6 Å². The fraction of sp³-hybridized carbons (Fsp3) is 0.471. The van der Waals surface area contributed by atoms with Gasteiger partial charge < -0.3 is 14.2 Å². The number of hydrogen-bond donors (Lipinski definition) is 0. The number of hydrogen-bond acceptors (Lipinski definition) is 3. The lowest BCUT2D eigenvalue weighted by Gasteiger charge is -2.33. The van der Waals surface area contributed by atoms with Gasteiger partial charge in [0.2, 0.25) is 11.6 Å². The lowest BCUT2D eigenvalue weighted by molar-refractivity contribution is -0.265. The van der Waals surface area contributed by atoms with Crippen molar-refractivity contribution >= 4 is 0 Å². The fourth-order valence-electron chi connectivity index (χ4n) is 5.41. The third-order valence-electron chi connectivity index (χ3n) is 7.86. The fourth-order valence-corrected chi connectivity index (χ4v) is 5.41. The molecular formula is C34H38F6O3. The maximum atomic E-state index is 15.0. The zero-order chi connectivity index (χ0) is 31.0. The van der Waals surface area contributed by atoms with Gasteiger partial charge in [-0.2, -0.15) is 17.6 Å². The maximum absolute atomic E-state index is 15.0. The molecule has 1 heterocycles. The van der Waals surface area contributed by atoms with E-state index in [4.69, 9.17) is 9.47 Å². The Kier molecular flexibility index (Phi) is 11.4. The summed E-state index contributed by atoms with van der Waals surface area (Å²) in [6.07, 6.45) is 3.06. The van der Waals surface area contributed by atoms with Gasteiger partial charge in [0.25, 0.3) is 0 Å². The Labute approximate surface area is 249 Å². The molecule has 3 aromatic rings. The molecule has 1 saturated heterocycles. The van der Waals surface area contributed by atoms with Crippen molar-refractivity contribution in [3.8, 4) is 33.8 Å². The molecule has 2 unspecified atom stereocenters. The summed E-state index contributed by atoms with van der Waals surface area (Å²) in [6, 6.07) is 10.4. The first-order valence-corrected chi connectivity index (χ1v) is 15.0. The van der Waals surface area contributed by atoms with Crippen molar-refractivity contribution in [2.45, 2.75) is 83.8 Å². The van der Waals surface area contributed by atoms with Gasteiger partial charge in [0.15, 0.2) is 29.2 Å². The second-order valence-electron chi connectivity index (χ2n) is 11.0. The third kappa shape index (κ3) is 8.05. The number of alkyl halides is 2. The summed E-state index contributed by atoms with van der Waals surface area (Å²) in [7, 11) is 0. The number of halogens is 6.